The Kier molecular flexibility index (Phi) is 8.14. The first-order chi connectivity index (χ1) is 17.8. The predicted octanol–water partition coefficient (Wildman–Crippen LogP) is -2.92. The van der Waals surface area contributed by atoms with Crippen LogP contribution in [0.1, 0.15) is 18.5 Å². The molecule has 18 heteroatoms. The van der Waals surface area contributed by atoms with Crippen molar-refractivity contribution >= 4 is 51.9 Å². The summed E-state index contributed by atoms with van der Waals surface area (Å²) in [6.07, 6.45) is 0. The molecule has 2 saturated heterocycles. The summed E-state index contributed by atoms with van der Waals surface area (Å²) in [5.74, 6) is -3.77. The molecule has 2 fully saturated rings. The second kappa shape index (κ2) is 11.1. The zero-order chi connectivity index (χ0) is 28.2. The number of likely N-dealkylation sites (tertiary alicyclic amines) is 1. The SMILES string of the molecule is CCN1CCN(C(=O)NC(C(=O)N[C@H]2CN(C(=O)NS(=O)(=O)NC(N)=O)C2=O)c2ccccc2)C(=O)C1=O. The number of nitrogens with one attached hydrogen (secondary N) is 4. The molecule has 0 spiro atoms. The maximum absolute atomic E-state index is 13.0. The van der Waals surface area contributed by atoms with Crippen LogP contribution in [0, 0.1) is 0 Å². The van der Waals surface area contributed by atoms with E-state index in [0.29, 0.717) is 9.80 Å². The summed E-state index contributed by atoms with van der Waals surface area (Å²) in [4.78, 5) is 87.9. The lowest BCUT2D eigenvalue weighted by atomic mass is 10.0. The van der Waals surface area contributed by atoms with E-state index in [1.165, 1.54) is 26.5 Å². The largest absolute Gasteiger partial charge is 0.351 e. The van der Waals surface area contributed by atoms with Gasteiger partial charge in [0.15, 0.2) is 0 Å². The number of urea groups is 3. The Morgan fingerprint density at radius 1 is 0.974 bits per heavy atom. The van der Waals surface area contributed by atoms with Gasteiger partial charge in [-0.3, -0.25) is 29.0 Å². The number of amides is 10. The van der Waals surface area contributed by atoms with Gasteiger partial charge in [0.1, 0.15) is 12.1 Å². The van der Waals surface area contributed by atoms with Gasteiger partial charge in [0, 0.05) is 19.6 Å². The molecule has 0 aromatic heterocycles. The average Bonchev–Trinajstić information content (AvgIpc) is 2.85. The van der Waals surface area contributed by atoms with Crippen LogP contribution in [-0.2, 0) is 29.4 Å². The quantitative estimate of drug-likeness (QED) is 0.172. The number of carbonyl (C=O) groups excluding carboxylic acids is 7. The minimum absolute atomic E-state index is 0.0912. The molecule has 3 rings (SSSR count). The van der Waals surface area contributed by atoms with E-state index in [1.54, 1.807) is 25.1 Å². The maximum Gasteiger partial charge on any atom is 0.339 e. The summed E-state index contributed by atoms with van der Waals surface area (Å²) in [5.41, 5.74) is 4.97. The van der Waals surface area contributed by atoms with E-state index in [4.69, 9.17) is 0 Å². The van der Waals surface area contributed by atoms with E-state index >= 15 is 0 Å². The molecule has 6 N–H and O–H groups in total. The van der Waals surface area contributed by atoms with Gasteiger partial charge in [0.2, 0.25) is 5.91 Å². The van der Waals surface area contributed by atoms with Gasteiger partial charge in [0.25, 0.3) is 5.91 Å². The first-order valence-corrected chi connectivity index (χ1v) is 12.5. The van der Waals surface area contributed by atoms with Crippen LogP contribution in [-0.4, -0.2) is 97.1 Å². The summed E-state index contributed by atoms with van der Waals surface area (Å²) in [6.45, 7) is 1.57. The van der Waals surface area contributed by atoms with Crippen LogP contribution >= 0.6 is 0 Å². The Balaban J connectivity index is 1.67. The molecule has 204 valence electrons. The molecule has 0 aliphatic carbocycles. The molecule has 1 aromatic rings. The highest BCUT2D eigenvalue weighted by atomic mass is 32.2. The van der Waals surface area contributed by atoms with Crippen LogP contribution in [0.3, 0.4) is 0 Å². The van der Waals surface area contributed by atoms with Gasteiger partial charge < -0.3 is 21.3 Å². The number of rotatable bonds is 7. The molecule has 0 bridgehead atoms. The Morgan fingerprint density at radius 2 is 1.63 bits per heavy atom. The molecule has 2 aliphatic heterocycles. The Hall–Kier alpha value is -4.74. The van der Waals surface area contributed by atoms with Gasteiger partial charge >= 0.3 is 40.1 Å². The second-order valence-electron chi connectivity index (χ2n) is 8.02. The number of carbonyl (C=O) groups is 7. The summed E-state index contributed by atoms with van der Waals surface area (Å²) in [7, 11) is -4.66. The number of hydrogen-bond acceptors (Lipinski definition) is 9. The number of benzene rings is 1. The Bertz CT molecular complexity index is 1290. The molecular formula is C20H24N8O9S. The number of imide groups is 2. The van der Waals surface area contributed by atoms with Crippen molar-refractivity contribution in [2.75, 3.05) is 26.2 Å². The number of nitrogens with zero attached hydrogens (tertiary/aromatic N) is 3. The van der Waals surface area contributed by atoms with Crippen LogP contribution in [0.25, 0.3) is 0 Å². The molecule has 17 nitrogen and oxygen atoms in total. The van der Waals surface area contributed by atoms with Crippen molar-refractivity contribution in [3.8, 4) is 0 Å². The van der Waals surface area contributed by atoms with Gasteiger partial charge in [-0.25, -0.2) is 23.8 Å². The van der Waals surface area contributed by atoms with Crippen molar-refractivity contribution in [2.45, 2.75) is 19.0 Å². The number of likely N-dealkylation sites (N-methyl/N-ethyl adjacent to an activating group) is 1. The van der Waals surface area contributed by atoms with Gasteiger partial charge in [-0.1, -0.05) is 30.3 Å². The van der Waals surface area contributed by atoms with Crippen molar-refractivity contribution in [3.63, 3.8) is 0 Å². The van der Waals surface area contributed by atoms with Crippen LogP contribution in [0.15, 0.2) is 30.3 Å². The summed E-state index contributed by atoms with van der Waals surface area (Å²) in [5, 5.41) is 4.73. The predicted molar refractivity (Wildman–Crippen MR) is 125 cm³/mol. The smallest absolute Gasteiger partial charge is 0.339 e. The minimum Gasteiger partial charge on any atom is -0.351 e. The lowest BCUT2D eigenvalue weighted by Crippen LogP contribution is -2.68. The topological polar surface area (TPSA) is 237 Å². The first-order valence-electron chi connectivity index (χ1n) is 11.1. The molecular weight excluding hydrogens is 528 g/mol. The molecule has 1 unspecified atom stereocenters. The monoisotopic (exact) mass is 552 g/mol. The van der Waals surface area contributed by atoms with Crippen LogP contribution in [0.2, 0.25) is 0 Å². The zero-order valence-electron chi connectivity index (χ0n) is 19.9. The van der Waals surface area contributed by atoms with E-state index in [0.717, 1.165) is 0 Å². The van der Waals surface area contributed by atoms with Crippen molar-refractivity contribution in [3.05, 3.63) is 35.9 Å². The molecule has 38 heavy (non-hydrogen) atoms. The first kappa shape index (κ1) is 27.8. The molecule has 1 aromatic carbocycles. The summed E-state index contributed by atoms with van der Waals surface area (Å²) >= 11 is 0. The second-order valence-corrected chi connectivity index (χ2v) is 9.44. The third-order valence-corrected chi connectivity index (χ3v) is 6.46. The lowest BCUT2D eigenvalue weighted by Gasteiger charge is -2.37. The van der Waals surface area contributed by atoms with Gasteiger partial charge in [-0.05, 0) is 12.5 Å². The highest BCUT2D eigenvalue weighted by molar-refractivity contribution is 7.88. The molecule has 2 aliphatic rings. The number of hydrogen-bond donors (Lipinski definition) is 5. The van der Waals surface area contributed by atoms with E-state index in [-0.39, 0.29) is 25.2 Å². The fourth-order valence-corrected chi connectivity index (χ4v) is 4.27. The number of primary amides is 1. The van der Waals surface area contributed by atoms with Gasteiger partial charge in [-0.15, -0.1) is 0 Å². The third kappa shape index (κ3) is 6.14. The van der Waals surface area contributed by atoms with Gasteiger partial charge in [0.05, 0.1) is 6.54 Å². The number of piperazine rings is 1. The normalized spacial score (nSPS) is 18.3. The standard InChI is InChI=1S/C20H24N8O9S/c1-2-26-8-9-27(17(32)16(26)31)19(34)23-13(11-6-4-3-5-7-11)14(29)22-12-10-28(15(12)30)20(35)25-38(36,37)24-18(21)33/h3-7,12-13H,2,8-10H2,1H3,(H,22,29)(H,23,34)(H,25,35)(H3,21,24,33)/t12-,13?/m0/s1. The maximum atomic E-state index is 13.0. The Morgan fingerprint density at radius 3 is 2.21 bits per heavy atom. The highest BCUT2D eigenvalue weighted by Gasteiger charge is 2.44. The van der Waals surface area contributed by atoms with Crippen LogP contribution < -0.4 is 25.8 Å². The summed E-state index contributed by atoms with van der Waals surface area (Å²) in [6, 6.07) is 1.32. The van der Waals surface area contributed by atoms with Crippen molar-refractivity contribution in [1.29, 1.82) is 0 Å². The zero-order valence-corrected chi connectivity index (χ0v) is 20.7. The van der Waals surface area contributed by atoms with Crippen molar-refractivity contribution in [2.24, 2.45) is 5.73 Å². The van der Waals surface area contributed by atoms with E-state index < -0.39 is 70.6 Å². The lowest BCUT2D eigenvalue weighted by molar-refractivity contribution is -0.153. The van der Waals surface area contributed by atoms with Crippen molar-refractivity contribution in [1.82, 2.24) is 34.8 Å². The number of β-lactam (4-membered cyclic amide) rings is 1. The summed E-state index contributed by atoms with van der Waals surface area (Å²) < 4.78 is 25.8. The van der Waals surface area contributed by atoms with E-state index in [1.807, 2.05) is 0 Å². The third-order valence-electron chi connectivity index (χ3n) is 5.55. The fourth-order valence-electron chi connectivity index (χ4n) is 3.62. The molecule has 2 heterocycles. The number of nitrogens with two attached hydrogens (primary N) is 1. The minimum atomic E-state index is -4.66. The van der Waals surface area contributed by atoms with Crippen LogP contribution in [0.5, 0.6) is 0 Å². The van der Waals surface area contributed by atoms with Crippen LogP contribution in [0.4, 0.5) is 14.4 Å². The van der Waals surface area contributed by atoms with Crippen molar-refractivity contribution < 1.29 is 42.0 Å². The van der Waals surface area contributed by atoms with Gasteiger partial charge in [-0.2, -0.15) is 8.42 Å². The Labute approximate surface area is 215 Å². The molecule has 0 saturated carbocycles. The van der Waals surface area contributed by atoms with E-state index in [2.05, 4.69) is 16.4 Å². The average molecular weight is 553 g/mol. The molecule has 2 atom stereocenters. The fraction of sp³-hybridized carbons (Fsp3) is 0.350. The van der Waals surface area contributed by atoms with E-state index in [9.17, 15) is 42.0 Å². The highest BCUT2D eigenvalue weighted by Crippen LogP contribution is 2.17. The molecule has 0 radical (unpaired) electrons. The molecule has 10 amide bonds.